The molecule has 84 valence electrons. The van der Waals surface area contributed by atoms with Crippen LogP contribution in [0.25, 0.3) is 0 Å². The molecule has 1 aliphatic heterocycles. The summed E-state index contributed by atoms with van der Waals surface area (Å²) in [5, 5.41) is 11.2. The molecule has 15 heavy (non-hydrogen) atoms. The first-order valence-electron chi connectivity index (χ1n) is 5.60. The molecule has 1 nitrogen and oxygen atoms in total. The number of aliphatic hydroxyl groups is 1. The Bertz CT molecular complexity index is 276. The Labute approximate surface area is 99.9 Å². The molecule has 1 aromatic heterocycles. The van der Waals surface area contributed by atoms with Crippen LogP contribution in [0.5, 0.6) is 0 Å². The van der Waals surface area contributed by atoms with Gasteiger partial charge in [-0.25, -0.2) is 0 Å². The van der Waals surface area contributed by atoms with Gasteiger partial charge in [0.1, 0.15) is 0 Å². The van der Waals surface area contributed by atoms with E-state index >= 15 is 0 Å². The molecule has 0 aliphatic carbocycles. The summed E-state index contributed by atoms with van der Waals surface area (Å²) in [6, 6.07) is 4.43. The molecule has 0 radical (unpaired) electrons. The highest BCUT2D eigenvalue weighted by Crippen LogP contribution is 2.43. The van der Waals surface area contributed by atoms with Gasteiger partial charge in [-0.15, -0.1) is 11.3 Å². The summed E-state index contributed by atoms with van der Waals surface area (Å²) in [5.41, 5.74) is 0.391. The van der Waals surface area contributed by atoms with Crippen molar-refractivity contribution in [3.8, 4) is 0 Å². The first-order chi connectivity index (χ1) is 7.37. The van der Waals surface area contributed by atoms with Crippen molar-refractivity contribution in [2.24, 2.45) is 0 Å². The number of thioether (sulfide) groups is 1. The molecule has 2 heterocycles. The second-order valence-electron chi connectivity index (χ2n) is 4.20. The summed E-state index contributed by atoms with van der Waals surface area (Å²) in [6.07, 6.45) is 4.68. The number of hydrogen-bond acceptors (Lipinski definition) is 3. The molecule has 3 heteroatoms. The van der Waals surface area contributed by atoms with Crippen LogP contribution in [0.2, 0.25) is 0 Å². The van der Waals surface area contributed by atoms with E-state index in [-0.39, 0.29) is 0 Å². The highest BCUT2D eigenvalue weighted by atomic mass is 32.2. The van der Waals surface area contributed by atoms with Crippen LogP contribution in [0.1, 0.15) is 30.6 Å². The van der Waals surface area contributed by atoms with E-state index in [2.05, 4.69) is 29.3 Å². The molecule has 2 rings (SSSR count). The second-order valence-corrected chi connectivity index (χ2v) is 6.37. The van der Waals surface area contributed by atoms with Gasteiger partial charge in [0, 0.05) is 16.9 Å². The molecule has 0 spiro atoms. The van der Waals surface area contributed by atoms with Crippen molar-refractivity contribution in [1.82, 2.24) is 0 Å². The number of thiophene rings is 1. The normalized spacial score (nSPS) is 20.3. The molecular formula is C12H18OS2. The van der Waals surface area contributed by atoms with Crippen molar-refractivity contribution >= 4 is 23.1 Å². The fraction of sp³-hybridized carbons (Fsp3) is 0.667. The molecule has 1 aromatic rings. The predicted octanol–water partition coefficient (Wildman–Crippen LogP) is 3.29. The molecule has 0 aromatic carbocycles. The number of rotatable bonds is 4. The molecule has 1 N–H and O–H groups in total. The zero-order valence-corrected chi connectivity index (χ0v) is 10.6. The van der Waals surface area contributed by atoms with Crippen molar-refractivity contribution in [2.75, 3.05) is 18.1 Å². The summed E-state index contributed by atoms with van der Waals surface area (Å²) in [6.45, 7) is 0.334. The number of aliphatic hydroxyl groups excluding tert-OH is 1. The van der Waals surface area contributed by atoms with Gasteiger partial charge in [0.15, 0.2) is 0 Å². The van der Waals surface area contributed by atoms with Crippen molar-refractivity contribution in [3.05, 3.63) is 22.4 Å². The van der Waals surface area contributed by atoms with Gasteiger partial charge in [0.05, 0.1) is 0 Å². The molecule has 1 aliphatic rings. The van der Waals surface area contributed by atoms with Crippen LogP contribution in [0.15, 0.2) is 17.5 Å². The zero-order chi connectivity index (χ0) is 10.6. The lowest BCUT2D eigenvalue weighted by Gasteiger charge is -2.36. The van der Waals surface area contributed by atoms with Crippen LogP contribution in [-0.2, 0) is 5.41 Å². The highest BCUT2D eigenvalue weighted by molar-refractivity contribution is 7.99. The lowest BCUT2D eigenvalue weighted by molar-refractivity contribution is 0.254. The van der Waals surface area contributed by atoms with Crippen LogP contribution in [0.4, 0.5) is 0 Å². The predicted molar refractivity (Wildman–Crippen MR) is 68.9 cm³/mol. The quantitative estimate of drug-likeness (QED) is 0.874. The fourth-order valence-electron chi connectivity index (χ4n) is 2.38. The molecular weight excluding hydrogens is 224 g/mol. The Morgan fingerprint density at radius 2 is 2.13 bits per heavy atom. The van der Waals surface area contributed by atoms with E-state index in [9.17, 15) is 0 Å². The van der Waals surface area contributed by atoms with Crippen molar-refractivity contribution in [3.63, 3.8) is 0 Å². The molecule has 1 saturated heterocycles. The van der Waals surface area contributed by atoms with Gasteiger partial charge < -0.3 is 5.11 Å². The van der Waals surface area contributed by atoms with Gasteiger partial charge in [-0.05, 0) is 48.6 Å². The van der Waals surface area contributed by atoms with Gasteiger partial charge in [0.2, 0.25) is 0 Å². The minimum atomic E-state index is 0.334. The third kappa shape index (κ3) is 2.58. The Hall–Kier alpha value is 0.01000. The van der Waals surface area contributed by atoms with Crippen molar-refractivity contribution in [1.29, 1.82) is 0 Å². The van der Waals surface area contributed by atoms with Gasteiger partial charge in [-0.1, -0.05) is 6.07 Å². The van der Waals surface area contributed by atoms with E-state index in [1.165, 1.54) is 29.2 Å². The van der Waals surface area contributed by atoms with Crippen LogP contribution in [0, 0.1) is 0 Å². The maximum absolute atomic E-state index is 9.01. The Kier molecular flexibility index (Phi) is 4.12. The Balaban J connectivity index is 2.14. The van der Waals surface area contributed by atoms with Crippen molar-refractivity contribution in [2.45, 2.75) is 31.1 Å². The van der Waals surface area contributed by atoms with Gasteiger partial charge in [0.25, 0.3) is 0 Å². The average molecular weight is 242 g/mol. The smallest absolute Gasteiger partial charge is 0.0431 e. The maximum Gasteiger partial charge on any atom is 0.0431 e. The van der Waals surface area contributed by atoms with E-state index in [1.54, 1.807) is 0 Å². The molecule has 0 atom stereocenters. The Morgan fingerprint density at radius 1 is 1.33 bits per heavy atom. The second kappa shape index (κ2) is 5.37. The molecule has 1 fully saturated rings. The Morgan fingerprint density at radius 3 is 2.73 bits per heavy atom. The first kappa shape index (κ1) is 11.5. The van der Waals surface area contributed by atoms with Crippen LogP contribution >= 0.6 is 23.1 Å². The minimum Gasteiger partial charge on any atom is -0.396 e. The summed E-state index contributed by atoms with van der Waals surface area (Å²) < 4.78 is 0. The largest absolute Gasteiger partial charge is 0.396 e. The monoisotopic (exact) mass is 242 g/mol. The lowest BCUT2D eigenvalue weighted by Crippen LogP contribution is -2.30. The third-order valence-corrected chi connectivity index (χ3v) is 5.41. The van der Waals surface area contributed by atoms with E-state index in [0.717, 1.165) is 12.8 Å². The summed E-state index contributed by atoms with van der Waals surface area (Å²) in [4.78, 5) is 1.54. The zero-order valence-electron chi connectivity index (χ0n) is 8.95. The lowest BCUT2D eigenvalue weighted by atomic mass is 9.76. The average Bonchev–Trinajstić information content (AvgIpc) is 2.82. The van der Waals surface area contributed by atoms with E-state index in [1.807, 2.05) is 11.3 Å². The van der Waals surface area contributed by atoms with Gasteiger partial charge >= 0.3 is 0 Å². The molecule has 0 amide bonds. The van der Waals surface area contributed by atoms with Crippen LogP contribution in [-0.4, -0.2) is 23.2 Å². The standard InChI is InChI=1S/C12H18OS2/c13-7-2-4-12(5-9-14-10-6-12)11-3-1-8-15-11/h1,3,8,13H,2,4-7,9-10H2. The summed E-state index contributed by atoms with van der Waals surface area (Å²) in [5.74, 6) is 2.56. The van der Waals surface area contributed by atoms with E-state index < -0.39 is 0 Å². The van der Waals surface area contributed by atoms with E-state index in [4.69, 9.17) is 5.11 Å². The minimum absolute atomic E-state index is 0.334. The molecule has 0 unspecified atom stereocenters. The van der Waals surface area contributed by atoms with Crippen LogP contribution < -0.4 is 0 Å². The highest BCUT2D eigenvalue weighted by Gasteiger charge is 2.34. The fourth-order valence-corrected chi connectivity index (χ4v) is 4.67. The maximum atomic E-state index is 9.01. The number of hydrogen-bond donors (Lipinski definition) is 1. The summed E-state index contributed by atoms with van der Waals surface area (Å²) >= 11 is 3.96. The van der Waals surface area contributed by atoms with Crippen molar-refractivity contribution < 1.29 is 5.11 Å². The molecule has 0 saturated carbocycles. The van der Waals surface area contributed by atoms with E-state index in [0.29, 0.717) is 12.0 Å². The van der Waals surface area contributed by atoms with Gasteiger partial charge in [-0.2, -0.15) is 11.8 Å². The topological polar surface area (TPSA) is 20.2 Å². The van der Waals surface area contributed by atoms with Crippen LogP contribution in [0.3, 0.4) is 0 Å². The summed E-state index contributed by atoms with van der Waals surface area (Å²) in [7, 11) is 0. The third-order valence-electron chi connectivity index (χ3n) is 3.31. The first-order valence-corrected chi connectivity index (χ1v) is 7.63. The SMILES string of the molecule is OCCCC1(c2cccs2)CCSCC1. The van der Waals surface area contributed by atoms with Gasteiger partial charge in [-0.3, -0.25) is 0 Å². The molecule has 0 bridgehead atoms.